The molecule has 0 aliphatic carbocycles. The van der Waals surface area contributed by atoms with Crippen molar-refractivity contribution in [1.29, 1.82) is 0 Å². The van der Waals surface area contributed by atoms with E-state index < -0.39 is 21.4 Å². The van der Waals surface area contributed by atoms with Crippen LogP contribution in [0.1, 0.15) is 19.8 Å². The van der Waals surface area contributed by atoms with Crippen LogP contribution in [0.15, 0.2) is 23.4 Å². The Morgan fingerprint density at radius 1 is 1.56 bits per heavy atom. The first kappa shape index (κ1) is 13.4. The van der Waals surface area contributed by atoms with Gasteiger partial charge in [0, 0.05) is 13.1 Å². The van der Waals surface area contributed by atoms with Crippen LogP contribution in [-0.4, -0.2) is 41.5 Å². The first-order chi connectivity index (χ1) is 8.37. The summed E-state index contributed by atoms with van der Waals surface area (Å²) < 4.78 is 38.3. The van der Waals surface area contributed by atoms with E-state index in [-0.39, 0.29) is 18.1 Å². The molecule has 1 unspecified atom stereocenters. The quantitative estimate of drug-likeness (QED) is 0.883. The zero-order valence-corrected chi connectivity index (χ0v) is 10.8. The van der Waals surface area contributed by atoms with Gasteiger partial charge in [-0.15, -0.1) is 0 Å². The fourth-order valence-corrected chi connectivity index (χ4v) is 3.39. The maximum Gasteiger partial charge on any atom is 0.260 e. The fraction of sp³-hybridized carbons (Fsp3) is 0.545. The van der Waals surface area contributed by atoms with Crippen molar-refractivity contribution in [3.8, 4) is 0 Å². The van der Waals surface area contributed by atoms with Crippen LogP contribution in [0.4, 0.5) is 4.39 Å². The van der Waals surface area contributed by atoms with Gasteiger partial charge in [-0.05, 0) is 25.0 Å². The van der Waals surface area contributed by atoms with E-state index in [9.17, 15) is 17.9 Å². The predicted octanol–water partition coefficient (Wildman–Crippen LogP) is 0.756. The third-order valence-electron chi connectivity index (χ3n) is 3.26. The summed E-state index contributed by atoms with van der Waals surface area (Å²) in [6, 6.07) is 2.19. The molecule has 1 aromatic heterocycles. The van der Waals surface area contributed by atoms with Gasteiger partial charge in [-0.1, -0.05) is 6.92 Å². The van der Waals surface area contributed by atoms with Gasteiger partial charge < -0.3 is 5.11 Å². The number of sulfonamides is 1. The molecule has 100 valence electrons. The molecule has 0 aromatic carbocycles. The Hall–Kier alpha value is -1.05. The van der Waals surface area contributed by atoms with E-state index in [1.54, 1.807) is 0 Å². The smallest absolute Gasteiger partial charge is 0.260 e. The molecule has 5 nitrogen and oxygen atoms in total. The number of β-amino-alcohol motifs (C(OH)–C–C–N with tert-alkyl or cyclic N) is 1. The number of halogens is 1. The van der Waals surface area contributed by atoms with Crippen molar-refractivity contribution in [2.24, 2.45) is 0 Å². The van der Waals surface area contributed by atoms with E-state index in [1.165, 1.54) is 4.31 Å². The SMILES string of the molecule is CCC1(O)CCN(S(=O)(=O)c2ccc(F)cn2)C1. The monoisotopic (exact) mass is 274 g/mol. The van der Waals surface area contributed by atoms with E-state index in [2.05, 4.69) is 4.98 Å². The highest BCUT2D eigenvalue weighted by Crippen LogP contribution is 2.28. The lowest BCUT2D eigenvalue weighted by molar-refractivity contribution is 0.0521. The third kappa shape index (κ3) is 2.38. The Morgan fingerprint density at radius 2 is 2.28 bits per heavy atom. The second-order valence-corrected chi connectivity index (χ2v) is 6.37. The van der Waals surface area contributed by atoms with Crippen LogP contribution < -0.4 is 0 Å². The molecule has 1 atom stereocenters. The van der Waals surface area contributed by atoms with Gasteiger partial charge in [0.15, 0.2) is 5.03 Å². The van der Waals surface area contributed by atoms with E-state index in [0.29, 0.717) is 12.8 Å². The molecule has 18 heavy (non-hydrogen) atoms. The molecular weight excluding hydrogens is 259 g/mol. The van der Waals surface area contributed by atoms with Gasteiger partial charge in [-0.25, -0.2) is 17.8 Å². The average Bonchev–Trinajstić information content (AvgIpc) is 2.74. The Bertz CT molecular complexity index is 532. The van der Waals surface area contributed by atoms with Gasteiger partial charge in [0.25, 0.3) is 10.0 Å². The molecule has 0 radical (unpaired) electrons. The summed E-state index contributed by atoms with van der Waals surface area (Å²) in [5.41, 5.74) is -0.965. The predicted molar refractivity (Wildman–Crippen MR) is 62.8 cm³/mol. The highest BCUT2D eigenvalue weighted by Gasteiger charge is 2.40. The number of aliphatic hydroxyl groups is 1. The summed E-state index contributed by atoms with van der Waals surface area (Å²) in [7, 11) is -3.74. The summed E-state index contributed by atoms with van der Waals surface area (Å²) in [5.74, 6) is -0.583. The standard InChI is InChI=1S/C11H15FN2O3S/c1-2-11(15)5-6-14(8-11)18(16,17)10-4-3-9(12)7-13-10/h3-4,7,15H,2,5-6,8H2,1H3. The second-order valence-electron chi connectivity index (χ2n) is 4.48. The molecular formula is C11H15FN2O3S. The molecule has 1 aliphatic rings. The Balaban J connectivity index is 2.25. The summed E-state index contributed by atoms with van der Waals surface area (Å²) >= 11 is 0. The molecule has 2 rings (SSSR count). The Morgan fingerprint density at radius 3 is 2.78 bits per heavy atom. The third-order valence-corrected chi connectivity index (χ3v) is 5.02. The summed E-state index contributed by atoms with van der Waals surface area (Å²) in [6.45, 7) is 2.13. The van der Waals surface area contributed by atoms with Gasteiger partial charge >= 0.3 is 0 Å². The van der Waals surface area contributed by atoms with E-state index in [4.69, 9.17) is 0 Å². The van der Waals surface area contributed by atoms with E-state index in [1.807, 2.05) is 6.92 Å². The zero-order chi connectivity index (χ0) is 13.4. The molecule has 0 saturated carbocycles. The number of hydrogen-bond acceptors (Lipinski definition) is 4. The van der Waals surface area contributed by atoms with E-state index in [0.717, 1.165) is 18.3 Å². The molecule has 0 amide bonds. The number of nitrogens with zero attached hydrogens (tertiary/aromatic N) is 2. The summed E-state index contributed by atoms with van der Waals surface area (Å²) in [6.07, 6.45) is 1.77. The van der Waals surface area contributed by atoms with Crippen molar-refractivity contribution in [1.82, 2.24) is 9.29 Å². The number of pyridine rings is 1. The number of aromatic nitrogens is 1. The van der Waals surface area contributed by atoms with Crippen molar-refractivity contribution < 1.29 is 17.9 Å². The highest BCUT2D eigenvalue weighted by atomic mass is 32.2. The van der Waals surface area contributed by atoms with Gasteiger partial charge in [0.2, 0.25) is 0 Å². The van der Waals surface area contributed by atoms with Crippen LogP contribution in [0, 0.1) is 5.82 Å². The van der Waals surface area contributed by atoms with Gasteiger partial charge in [0.05, 0.1) is 11.8 Å². The molecule has 2 heterocycles. The largest absolute Gasteiger partial charge is 0.388 e. The van der Waals surface area contributed by atoms with Crippen LogP contribution in [0.2, 0.25) is 0 Å². The van der Waals surface area contributed by atoms with Crippen molar-refractivity contribution in [2.75, 3.05) is 13.1 Å². The van der Waals surface area contributed by atoms with Crippen LogP contribution in [-0.2, 0) is 10.0 Å². The molecule has 1 saturated heterocycles. The minimum atomic E-state index is -3.74. The molecule has 7 heteroatoms. The highest BCUT2D eigenvalue weighted by molar-refractivity contribution is 7.89. The Kier molecular flexibility index (Phi) is 3.39. The average molecular weight is 274 g/mol. The van der Waals surface area contributed by atoms with Gasteiger partial charge in [0.1, 0.15) is 5.82 Å². The molecule has 1 fully saturated rings. The van der Waals surface area contributed by atoms with Crippen LogP contribution in [0.5, 0.6) is 0 Å². The topological polar surface area (TPSA) is 70.5 Å². The van der Waals surface area contributed by atoms with Crippen molar-refractivity contribution in [3.63, 3.8) is 0 Å². The first-order valence-electron chi connectivity index (χ1n) is 5.71. The van der Waals surface area contributed by atoms with Crippen molar-refractivity contribution in [3.05, 3.63) is 24.1 Å². The summed E-state index contributed by atoms with van der Waals surface area (Å²) in [5, 5.41) is 9.85. The number of hydrogen-bond donors (Lipinski definition) is 1. The minimum Gasteiger partial charge on any atom is -0.388 e. The molecule has 0 bridgehead atoms. The zero-order valence-electron chi connectivity index (χ0n) is 10.0. The minimum absolute atomic E-state index is 0.0604. The second kappa shape index (κ2) is 4.56. The molecule has 0 spiro atoms. The van der Waals surface area contributed by atoms with Crippen molar-refractivity contribution in [2.45, 2.75) is 30.4 Å². The normalized spacial score (nSPS) is 25.5. The lowest BCUT2D eigenvalue weighted by Gasteiger charge is -2.21. The molecule has 1 aromatic rings. The molecule has 1 N–H and O–H groups in total. The van der Waals surface area contributed by atoms with Crippen LogP contribution >= 0.6 is 0 Å². The maximum absolute atomic E-state index is 12.7. The van der Waals surface area contributed by atoms with E-state index >= 15 is 0 Å². The lowest BCUT2D eigenvalue weighted by Crippen LogP contribution is -2.35. The fourth-order valence-electron chi connectivity index (χ4n) is 1.96. The van der Waals surface area contributed by atoms with Gasteiger partial charge in [-0.3, -0.25) is 0 Å². The Labute approximate surface area is 105 Å². The van der Waals surface area contributed by atoms with Gasteiger partial charge in [-0.2, -0.15) is 4.31 Å². The maximum atomic E-state index is 12.7. The van der Waals surface area contributed by atoms with Crippen molar-refractivity contribution >= 4 is 10.0 Å². The first-order valence-corrected chi connectivity index (χ1v) is 7.15. The number of rotatable bonds is 3. The lowest BCUT2D eigenvalue weighted by atomic mass is 10.0. The summed E-state index contributed by atoms with van der Waals surface area (Å²) in [4.78, 5) is 3.58. The van der Waals surface area contributed by atoms with Crippen LogP contribution in [0.3, 0.4) is 0 Å². The van der Waals surface area contributed by atoms with Crippen LogP contribution in [0.25, 0.3) is 0 Å². The molecule has 1 aliphatic heterocycles.